The minimum atomic E-state index is -0.756. The maximum atomic E-state index is 11.2. The van der Waals surface area contributed by atoms with Crippen LogP contribution in [0.25, 0.3) is 10.9 Å². The Labute approximate surface area is 111 Å². The van der Waals surface area contributed by atoms with Gasteiger partial charge in [-0.25, -0.2) is 0 Å². The van der Waals surface area contributed by atoms with Crippen molar-refractivity contribution in [3.05, 3.63) is 34.5 Å². The van der Waals surface area contributed by atoms with Crippen LogP contribution in [-0.4, -0.2) is 16.1 Å². The summed E-state index contributed by atoms with van der Waals surface area (Å²) in [5.74, 6) is -1.13. The fraction of sp³-hybridized carbons (Fsp3) is 0.400. The van der Waals surface area contributed by atoms with Crippen LogP contribution in [0.2, 0.25) is 0 Å². The normalized spacial score (nSPS) is 22.5. The molecular weight excluding hydrogens is 240 g/mol. The molecule has 19 heavy (non-hydrogen) atoms. The van der Waals surface area contributed by atoms with Gasteiger partial charge in [-0.2, -0.15) is 0 Å². The van der Waals surface area contributed by atoms with E-state index in [1.807, 2.05) is 0 Å². The van der Waals surface area contributed by atoms with E-state index in [1.165, 1.54) is 16.5 Å². The fourth-order valence-electron chi connectivity index (χ4n) is 3.20. The number of aromatic nitrogens is 1. The van der Waals surface area contributed by atoms with Gasteiger partial charge in [0.1, 0.15) is 0 Å². The average Bonchev–Trinajstić information content (AvgIpc) is 2.74. The number of rotatable bonds is 1. The van der Waals surface area contributed by atoms with E-state index in [4.69, 9.17) is 5.73 Å². The molecule has 0 aliphatic heterocycles. The maximum Gasteiger partial charge on any atom is 0.306 e. The van der Waals surface area contributed by atoms with Gasteiger partial charge in [0, 0.05) is 29.1 Å². The van der Waals surface area contributed by atoms with E-state index < -0.39 is 5.97 Å². The molecule has 4 nitrogen and oxygen atoms in total. The first kappa shape index (κ1) is 12.2. The molecule has 1 aromatic carbocycles. The molecule has 2 aromatic rings. The number of carboxylic acids is 1. The third-order valence-corrected chi connectivity index (χ3v) is 4.20. The van der Waals surface area contributed by atoms with E-state index in [2.05, 4.69) is 31.0 Å². The second-order valence-electron chi connectivity index (χ2n) is 5.55. The van der Waals surface area contributed by atoms with Crippen molar-refractivity contribution in [3.63, 3.8) is 0 Å². The maximum absolute atomic E-state index is 11.2. The summed E-state index contributed by atoms with van der Waals surface area (Å²) < 4.78 is 0. The number of aryl methyl sites for hydroxylation is 2. The van der Waals surface area contributed by atoms with Crippen LogP contribution in [0.15, 0.2) is 12.1 Å². The monoisotopic (exact) mass is 258 g/mol. The average molecular weight is 258 g/mol. The van der Waals surface area contributed by atoms with Crippen molar-refractivity contribution in [3.8, 4) is 0 Å². The van der Waals surface area contributed by atoms with Gasteiger partial charge < -0.3 is 15.8 Å². The highest BCUT2D eigenvalue weighted by atomic mass is 16.4. The quantitative estimate of drug-likeness (QED) is 0.735. The van der Waals surface area contributed by atoms with Crippen LogP contribution in [0.3, 0.4) is 0 Å². The minimum Gasteiger partial charge on any atom is -0.481 e. The van der Waals surface area contributed by atoms with Gasteiger partial charge in [0.25, 0.3) is 0 Å². The van der Waals surface area contributed by atoms with Crippen molar-refractivity contribution in [1.82, 2.24) is 4.98 Å². The lowest BCUT2D eigenvalue weighted by Crippen LogP contribution is -2.28. The minimum absolute atomic E-state index is 0.195. The summed E-state index contributed by atoms with van der Waals surface area (Å²) in [4.78, 5) is 14.6. The van der Waals surface area contributed by atoms with E-state index in [0.717, 1.165) is 16.8 Å². The summed E-state index contributed by atoms with van der Waals surface area (Å²) >= 11 is 0. The van der Waals surface area contributed by atoms with E-state index >= 15 is 0 Å². The Morgan fingerprint density at radius 3 is 2.74 bits per heavy atom. The van der Waals surface area contributed by atoms with Gasteiger partial charge in [-0.05, 0) is 37.0 Å². The van der Waals surface area contributed by atoms with E-state index in [9.17, 15) is 9.90 Å². The van der Waals surface area contributed by atoms with Gasteiger partial charge in [0.2, 0.25) is 0 Å². The van der Waals surface area contributed by atoms with E-state index in [1.54, 1.807) is 0 Å². The van der Waals surface area contributed by atoms with E-state index in [-0.39, 0.29) is 12.0 Å². The predicted octanol–water partition coefficient (Wildman–Crippen LogP) is 2.43. The third kappa shape index (κ3) is 1.75. The smallest absolute Gasteiger partial charge is 0.306 e. The fourth-order valence-corrected chi connectivity index (χ4v) is 3.20. The van der Waals surface area contributed by atoms with Crippen molar-refractivity contribution >= 4 is 16.9 Å². The zero-order chi connectivity index (χ0) is 13.7. The molecule has 0 saturated heterocycles. The van der Waals surface area contributed by atoms with Gasteiger partial charge in [0.05, 0.1) is 5.92 Å². The Hall–Kier alpha value is -1.81. The molecular formula is C15H18N2O2. The first-order valence-corrected chi connectivity index (χ1v) is 6.58. The highest BCUT2D eigenvalue weighted by molar-refractivity contribution is 5.91. The molecule has 2 unspecified atom stereocenters. The Morgan fingerprint density at radius 1 is 1.37 bits per heavy atom. The second-order valence-corrected chi connectivity index (χ2v) is 5.55. The molecule has 0 fully saturated rings. The summed E-state index contributed by atoms with van der Waals surface area (Å²) in [5.41, 5.74) is 11.8. The van der Waals surface area contributed by atoms with Gasteiger partial charge in [-0.15, -0.1) is 0 Å². The zero-order valence-electron chi connectivity index (χ0n) is 11.2. The van der Waals surface area contributed by atoms with Crippen LogP contribution in [0, 0.1) is 19.8 Å². The SMILES string of the molecule is Cc1ccc(C)c2c3c([nH]c12)CC(C(=O)O)CC3N. The van der Waals surface area contributed by atoms with Crippen LogP contribution < -0.4 is 5.73 Å². The number of carbonyl (C=O) groups is 1. The molecule has 1 aliphatic carbocycles. The molecule has 3 rings (SSSR count). The highest BCUT2D eigenvalue weighted by Crippen LogP contribution is 2.39. The molecule has 0 bridgehead atoms. The van der Waals surface area contributed by atoms with Crippen LogP contribution in [-0.2, 0) is 11.2 Å². The molecule has 0 saturated carbocycles. The Balaban J connectivity index is 2.24. The number of aromatic amines is 1. The summed E-state index contributed by atoms with van der Waals surface area (Å²) in [6.07, 6.45) is 1.06. The molecule has 100 valence electrons. The van der Waals surface area contributed by atoms with Crippen LogP contribution >= 0.6 is 0 Å². The topological polar surface area (TPSA) is 79.1 Å². The summed E-state index contributed by atoms with van der Waals surface area (Å²) in [7, 11) is 0. The van der Waals surface area contributed by atoms with Gasteiger partial charge >= 0.3 is 5.97 Å². The lowest BCUT2D eigenvalue weighted by Gasteiger charge is -2.24. The summed E-state index contributed by atoms with van der Waals surface area (Å²) in [6, 6.07) is 3.99. The largest absolute Gasteiger partial charge is 0.481 e. The molecule has 0 spiro atoms. The lowest BCUT2D eigenvalue weighted by molar-refractivity contribution is -0.142. The number of aliphatic carboxylic acids is 1. The number of carboxylic acid groups (broad SMARTS) is 1. The molecule has 1 heterocycles. The van der Waals surface area contributed by atoms with Crippen LogP contribution in [0.4, 0.5) is 0 Å². The molecule has 4 heteroatoms. The third-order valence-electron chi connectivity index (χ3n) is 4.20. The lowest BCUT2D eigenvalue weighted by atomic mass is 9.83. The second kappa shape index (κ2) is 4.10. The Kier molecular flexibility index (Phi) is 2.64. The standard InChI is InChI=1S/C15H18N2O2/c1-7-3-4-8(2)14-12(7)13-10(16)5-9(15(18)19)6-11(13)17-14/h3-4,9-10,17H,5-6,16H2,1-2H3,(H,18,19). The molecule has 1 aliphatic rings. The number of hydrogen-bond acceptors (Lipinski definition) is 2. The van der Waals surface area contributed by atoms with Crippen LogP contribution in [0.1, 0.15) is 34.8 Å². The zero-order valence-corrected chi connectivity index (χ0v) is 11.2. The number of nitrogens with two attached hydrogens (primary N) is 1. The van der Waals surface area contributed by atoms with E-state index in [0.29, 0.717) is 12.8 Å². The highest BCUT2D eigenvalue weighted by Gasteiger charge is 2.32. The van der Waals surface area contributed by atoms with Crippen molar-refractivity contribution in [2.75, 3.05) is 0 Å². The van der Waals surface area contributed by atoms with Crippen molar-refractivity contribution in [2.24, 2.45) is 11.7 Å². The van der Waals surface area contributed by atoms with Crippen molar-refractivity contribution in [2.45, 2.75) is 32.7 Å². The molecule has 1 aromatic heterocycles. The van der Waals surface area contributed by atoms with Crippen LogP contribution in [0.5, 0.6) is 0 Å². The summed E-state index contributed by atoms with van der Waals surface area (Å²) in [5, 5.41) is 10.4. The Bertz CT molecular complexity index is 672. The molecule has 0 radical (unpaired) electrons. The number of benzene rings is 1. The van der Waals surface area contributed by atoms with Crippen molar-refractivity contribution < 1.29 is 9.90 Å². The number of nitrogens with one attached hydrogen (secondary N) is 1. The molecule has 4 N–H and O–H groups in total. The number of H-pyrrole nitrogens is 1. The van der Waals surface area contributed by atoms with Crippen molar-refractivity contribution in [1.29, 1.82) is 0 Å². The van der Waals surface area contributed by atoms with Gasteiger partial charge in [0.15, 0.2) is 0 Å². The Morgan fingerprint density at radius 2 is 2.05 bits per heavy atom. The molecule has 0 amide bonds. The van der Waals surface area contributed by atoms with Gasteiger partial charge in [-0.3, -0.25) is 4.79 Å². The number of fused-ring (bicyclic) bond motifs is 3. The van der Waals surface area contributed by atoms with Gasteiger partial charge in [-0.1, -0.05) is 12.1 Å². The number of hydrogen-bond donors (Lipinski definition) is 3. The molecule has 2 atom stereocenters. The predicted molar refractivity (Wildman–Crippen MR) is 74.1 cm³/mol. The summed E-state index contributed by atoms with van der Waals surface area (Å²) in [6.45, 7) is 4.13. The first-order chi connectivity index (χ1) is 8.99. The first-order valence-electron chi connectivity index (χ1n) is 6.58.